The van der Waals surface area contributed by atoms with Crippen LogP contribution in [0.1, 0.15) is 34.1 Å². The van der Waals surface area contributed by atoms with Gasteiger partial charge < -0.3 is 4.74 Å². The fraction of sp³-hybridized carbons (Fsp3) is 0.900. The monoisotopic (exact) mass is 170 g/mol. The van der Waals surface area contributed by atoms with Gasteiger partial charge in [0.1, 0.15) is 5.78 Å². The summed E-state index contributed by atoms with van der Waals surface area (Å²) in [6.45, 7) is 8.73. The van der Waals surface area contributed by atoms with Crippen molar-refractivity contribution in [3.63, 3.8) is 0 Å². The highest BCUT2D eigenvalue weighted by atomic mass is 16.5. The summed E-state index contributed by atoms with van der Waals surface area (Å²) < 4.78 is 5.57. The molecule has 0 radical (unpaired) electrons. The fourth-order valence-corrected chi connectivity index (χ4v) is 1.51. The molecule has 1 aliphatic heterocycles. The first kappa shape index (κ1) is 9.72. The number of ether oxygens (including phenoxy) is 1. The Morgan fingerprint density at radius 3 is 2.25 bits per heavy atom. The first-order valence-corrected chi connectivity index (χ1v) is 4.53. The van der Waals surface area contributed by atoms with Gasteiger partial charge in [-0.25, -0.2) is 0 Å². The van der Waals surface area contributed by atoms with E-state index < -0.39 is 0 Å². The SMILES string of the molecule is CC(=O)C1COC(C(C)(C)C)C1. The summed E-state index contributed by atoms with van der Waals surface area (Å²) in [7, 11) is 0. The highest BCUT2D eigenvalue weighted by molar-refractivity contribution is 5.78. The largest absolute Gasteiger partial charge is 0.377 e. The van der Waals surface area contributed by atoms with Crippen LogP contribution in [0.25, 0.3) is 0 Å². The molecular weight excluding hydrogens is 152 g/mol. The topological polar surface area (TPSA) is 26.3 Å². The number of carbonyl (C=O) groups is 1. The predicted octanol–water partition coefficient (Wildman–Crippen LogP) is 2.03. The fourth-order valence-electron chi connectivity index (χ4n) is 1.51. The average Bonchev–Trinajstić information content (AvgIpc) is 2.30. The van der Waals surface area contributed by atoms with Gasteiger partial charge in [0.25, 0.3) is 0 Å². The van der Waals surface area contributed by atoms with Crippen molar-refractivity contribution in [2.75, 3.05) is 6.61 Å². The van der Waals surface area contributed by atoms with Crippen LogP contribution < -0.4 is 0 Å². The molecule has 0 N–H and O–H groups in total. The van der Waals surface area contributed by atoms with Crippen molar-refractivity contribution in [3.05, 3.63) is 0 Å². The zero-order chi connectivity index (χ0) is 9.35. The normalized spacial score (nSPS) is 30.7. The molecule has 1 rings (SSSR count). The number of rotatable bonds is 1. The van der Waals surface area contributed by atoms with Crippen LogP contribution in [0.3, 0.4) is 0 Å². The van der Waals surface area contributed by atoms with Crippen molar-refractivity contribution in [1.29, 1.82) is 0 Å². The van der Waals surface area contributed by atoms with E-state index in [0.717, 1.165) is 6.42 Å². The molecule has 2 unspecified atom stereocenters. The van der Waals surface area contributed by atoms with Crippen LogP contribution in [0.5, 0.6) is 0 Å². The van der Waals surface area contributed by atoms with Gasteiger partial charge in [-0.15, -0.1) is 0 Å². The smallest absolute Gasteiger partial charge is 0.135 e. The molecule has 0 aromatic carbocycles. The van der Waals surface area contributed by atoms with Gasteiger partial charge in [-0.05, 0) is 18.8 Å². The highest BCUT2D eigenvalue weighted by Gasteiger charge is 2.35. The number of carbonyl (C=O) groups excluding carboxylic acids is 1. The summed E-state index contributed by atoms with van der Waals surface area (Å²) in [5.74, 6) is 0.413. The van der Waals surface area contributed by atoms with E-state index in [0.29, 0.717) is 6.61 Å². The number of ketones is 1. The van der Waals surface area contributed by atoms with Gasteiger partial charge in [0.2, 0.25) is 0 Å². The van der Waals surface area contributed by atoms with E-state index in [1.165, 1.54) is 0 Å². The molecule has 1 heterocycles. The minimum atomic E-state index is 0.147. The maximum absolute atomic E-state index is 11.0. The van der Waals surface area contributed by atoms with Crippen molar-refractivity contribution < 1.29 is 9.53 Å². The molecule has 0 spiro atoms. The van der Waals surface area contributed by atoms with Crippen molar-refractivity contribution >= 4 is 5.78 Å². The lowest BCUT2D eigenvalue weighted by Gasteiger charge is -2.25. The first-order chi connectivity index (χ1) is 5.41. The third-order valence-corrected chi connectivity index (χ3v) is 2.54. The summed E-state index contributed by atoms with van der Waals surface area (Å²) in [5, 5.41) is 0. The maximum Gasteiger partial charge on any atom is 0.135 e. The Labute approximate surface area is 74.3 Å². The molecule has 0 bridgehead atoms. The van der Waals surface area contributed by atoms with Gasteiger partial charge in [-0.2, -0.15) is 0 Å². The minimum Gasteiger partial charge on any atom is -0.377 e. The van der Waals surface area contributed by atoms with E-state index in [1.54, 1.807) is 6.92 Å². The lowest BCUT2D eigenvalue weighted by Crippen LogP contribution is -2.25. The van der Waals surface area contributed by atoms with Crippen molar-refractivity contribution in [1.82, 2.24) is 0 Å². The molecule has 1 saturated heterocycles. The molecule has 2 nitrogen and oxygen atoms in total. The first-order valence-electron chi connectivity index (χ1n) is 4.53. The molecule has 0 aliphatic carbocycles. The summed E-state index contributed by atoms with van der Waals surface area (Å²) in [4.78, 5) is 11.0. The standard InChI is InChI=1S/C10H18O2/c1-7(11)8-5-9(12-6-8)10(2,3)4/h8-9H,5-6H2,1-4H3. The Hall–Kier alpha value is -0.370. The van der Waals surface area contributed by atoms with Gasteiger partial charge in [0.05, 0.1) is 12.7 Å². The lowest BCUT2D eigenvalue weighted by molar-refractivity contribution is -0.120. The van der Waals surface area contributed by atoms with Gasteiger partial charge in [0.15, 0.2) is 0 Å². The second-order valence-corrected chi connectivity index (χ2v) is 4.73. The summed E-state index contributed by atoms with van der Waals surface area (Å²) in [6.07, 6.45) is 1.16. The van der Waals surface area contributed by atoms with Crippen molar-refractivity contribution in [3.8, 4) is 0 Å². The van der Waals surface area contributed by atoms with Crippen LogP contribution in [-0.2, 0) is 9.53 Å². The zero-order valence-corrected chi connectivity index (χ0v) is 8.39. The van der Waals surface area contributed by atoms with Crippen LogP contribution >= 0.6 is 0 Å². The van der Waals surface area contributed by atoms with Crippen LogP contribution in [0.2, 0.25) is 0 Å². The molecular formula is C10H18O2. The zero-order valence-electron chi connectivity index (χ0n) is 8.39. The number of Topliss-reactive ketones (excluding diaryl/α,β-unsaturated/α-hetero) is 1. The molecule has 1 fully saturated rings. The van der Waals surface area contributed by atoms with E-state index in [4.69, 9.17) is 4.74 Å². The van der Waals surface area contributed by atoms with E-state index in [-0.39, 0.29) is 23.2 Å². The van der Waals surface area contributed by atoms with Crippen LogP contribution in [0.4, 0.5) is 0 Å². The summed E-state index contributed by atoms with van der Waals surface area (Å²) >= 11 is 0. The molecule has 0 aromatic rings. The molecule has 12 heavy (non-hydrogen) atoms. The molecule has 0 amide bonds. The third kappa shape index (κ3) is 2.07. The van der Waals surface area contributed by atoms with E-state index in [2.05, 4.69) is 20.8 Å². The van der Waals surface area contributed by atoms with Crippen LogP contribution in [-0.4, -0.2) is 18.5 Å². The highest BCUT2D eigenvalue weighted by Crippen LogP contribution is 2.33. The Kier molecular flexibility index (Phi) is 2.57. The maximum atomic E-state index is 11.0. The van der Waals surface area contributed by atoms with Gasteiger partial charge >= 0.3 is 0 Å². The number of hydrogen-bond acceptors (Lipinski definition) is 2. The Bertz CT molecular complexity index is 179. The summed E-state index contributed by atoms with van der Waals surface area (Å²) in [5.41, 5.74) is 0.171. The molecule has 0 saturated carbocycles. The minimum absolute atomic E-state index is 0.147. The molecule has 70 valence electrons. The second-order valence-electron chi connectivity index (χ2n) is 4.73. The molecule has 2 atom stereocenters. The predicted molar refractivity (Wildman–Crippen MR) is 48.0 cm³/mol. The van der Waals surface area contributed by atoms with Crippen molar-refractivity contribution in [2.45, 2.75) is 40.2 Å². The molecule has 2 heteroatoms. The Balaban J connectivity index is 2.51. The quantitative estimate of drug-likeness (QED) is 0.602. The van der Waals surface area contributed by atoms with Crippen LogP contribution in [0.15, 0.2) is 0 Å². The number of hydrogen-bond donors (Lipinski definition) is 0. The lowest BCUT2D eigenvalue weighted by atomic mass is 9.85. The molecule has 0 aromatic heterocycles. The van der Waals surface area contributed by atoms with E-state index in [1.807, 2.05) is 0 Å². The van der Waals surface area contributed by atoms with Gasteiger partial charge in [-0.3, -0.25) is 4.79 Å². The Morgan fingerprint density at radius 2 is 2.00 bits per heavy atom. The second kappa shape index (κ2) is 3.17. The Morgan fingerprint density at radius 1 is 1.42 bits per heavy atom. The van der Waals surface area contributed by atoms with Crippen LogP contribution in [0, 0.1) is 11.3 Å². The van der Waals surface area contributed by atoms with Gasteiger partial charge in [-0.1, -0.05) is 20.8 Å². The third-order valence-electron chi connectivity index (χ3n) is 2.54. The molecule has 1 aliphatic rings. The van der Waals surface area contributed by atoms with E-state index in [9.17, 15) is 4.79 Å². The van der Waals surface area contributed by atoms with E-state index >= 15 is 0 Å². The van der Waals surface area contributed by atoms with Gasteiger partial charge in [0, 0.05) is 5.92 Å². The summed E-state index contributed by atoms with van der Waals surface area (Å²) in [6, 6.07) is 0. The average molecular weight is 170 g/mol. The van der Waals surface area contributed by atoms with Crippen molar-refractivity contribution in [2.24, 2.45) is 11.3 Å².